The maximum Gasteiger partial charge on any atom is 0.327 e. The summed E-state index contributed by atoms with van der Waals surface area (Å²) in [4.78, 5) is 65.9. The van der Waals surface area contributed by atoms with Crippen molar-refractivity contribution in [1.82, 2.24) is 15.3 Å². The molecule has 3 aliphatic carbocycles. The van der Waals surface area contributed by atoms with Crippen LogP contribution in [0.15, 0.2) is 29.8 Å². The Balaban J connectivity index is 0.985. The summed E-state index contributed by atoms with van der Waals surface area (Å²) >= 11 is 0. The number of unbranched alkanes of at least 4 members (excludes halogenated alkanes) is 4. The summed E-state index contributed by atoms with van der Waals surface area (Å²) in [5.41, 5.74) is 1.83. The van der Waals surface area contributed by atoms with E-state index in [1.165, 1.54) is 18.4 Å². The van der Waals surface area contributed by atoms with Crippen LogP contribution in [0, 0.1) is 22.7 Å². The number of nitrogens with zero attached hydrogens (tertiary/aromatic N) is 2. The van der Waals surface area contributed by atoms with Gasteiger partial charge in [-0.2, -0.15) is 5.06 Å². The van der Waals surface area contributed by atoms with Gasteiger partial charge in [0, 0.05) is 32.2 Å². The average Bonchev–Trinajstić information content (AvgIpc) is 3.68. The fourth-order valence-corrected chi connectivity index (χ4v) is 13.7. The number of hydrogen-bond donors (Lipinski definition) is 2. The van der Waals surface area contributed by atoms with Crippen molar-refractivity contribution in [3.63, 3.8) is 0 Å². The number of aliphatic hydroxyl groups is 1. The largest absolute Gasteiger partial charge is 0.460 e. The molecule has 2 bridgehead atoms. The molecule has 0 radical (unpaired) electrons. The number of hydroxylamine groups is 2. The van der Waals surface area contributed by atoms with E-state index in [1.54, 1.807) is 30.7 Å². The molecule has 5 heterocycles. The summed E-state index contributed by atoms with van der Waals surface area (Å²) in [7, 11) is 0. The van der Waals surface area contributed by atoms with Crippen molar-refractivity contribution in [3.05, 3.63) is 41.0 Å². The third-order valence-electron chi connectivity index (χ3n) is 17.5. The number of amides is 2. The van der Waals surface area contributed by atoms with E-state index in [0.717, 1.165) is 68.9 Å². The van der Waals surface area contributed by atoms with Gasteiger partial charge in [0.25, 0.3) is 0 Å². The van der Waals surface area contributed by atoms with E-state index in [-0.39, 0.29) is 43.9 Å². The number of fused-ring (bicyclic) bond motifs is 6. The summed E-state index contributed by atoms with van der Waals surface area (Å²) < 4.78 is 32.2. The van der Waals surface area contributed by atoms with E-state index in [0.29, 0.717) is 55.6 Å². The minimum atomic E-state index is -1.43. The van der Waals surface area contributed by atoms with Crippen molar-refractivity contribution < 1.29 is 52.8 Å². The topological polar surface area (TPSA) is 166 Å². The molecule has 70 heavy (non-hydrogen) atoms. The molecule has 1 aromatic carbocycles. The van der Waals surface area contributed by atoms with E-state index in [4.69, 9.17) is 28.5 Å². The lowest BCUT2D eigenvalue weighted by Gasteiger charge is -2.53. The van der Waals surface area contributed by atoms with Crippen LogP contribution in [0.5, 0.6) is 0 Å². The number of likely N-dealkylation sites (tertiary alicyclic amines) is 1. The van der Waals surface area contributed by atoms with E-state index < -0.39 is 77.2 Å². The highest BCUT2D eigenvalue weighted by atomic mass is 16.8. The number of hydrogen-bond acceptors (Lipinski definition) is 12. The molecular weight excluding hydrogens is 891 g/mol. The van der Waals surface area contributed by atoms with Crippen molar-refractivity contribution in [2.24, 2.45) is 22.7 Å². The standard InChI is InChI=1S/C56H83N3O11/c1-9-11-13-26-55(27-14-12-10-2)68-45-42-32-56(51(64)58-29-15-16-41(58)49(62)57-38(34-60)22-24-44(61)67-52(3,4)5)47(50(63)65-42)59(70-48(56)46(45)69-55)33-36-19-17-35(18-20-36)30-37-21-23-43-54(8,66-43)28-25-40-39(37)31-53(40,6)7/h17-20,30,38-43,45-48,60H,9-16,21-29,31-34H2,1-8H3,(H,57,62)/t38-,39+,40+,41+,42+,43?,45-,46-,47+,48+,54+,56+/m0/s1. The SMILES string of the molecule is CCCCCC1(CCCCC)O[C@@H]2[C@H](O1)[C@H]1ON(Cc3ccc(C=C4CCC5O[C@]5(C)CC[C@@H]5[C@@H]4CC5(C)C)cc3)[C@@H]3C(=O)O[C@@H]2C[C@]13C(=O)N1CCC[C@@H]1C(=O)N[C@H](CO)CCC(=O)OC(C)(C)C. The van der Waals surface area contributed by atoms with Crippen LogP contribution in [0.3, 0.4) is 0 Å². The molecule has 8 aliphatic rings. The van der Waals surface area contributed by atoms with Gasteiger partial charge in [0.15, 0.2) is 11.8 Å². The van der Waals surface area contributed by atoms with Crippen LogP contribution in [-0.4, -0.2) is 118 Å². The second kappa shape index (κ2) is 20.1. The van der Waals surface area contributed by atoms with Gasteiger partial charge in [-0.3, -0.25) is 24.0 Å². The van der Waals surface area contributed by atoms with E-state index in [1.807, 2.05) is 0 Å². The zero-order valence-corrected chi connectivity index (χ0v) is 43.4. The van der Waals surface area contributed by atoms with Crippen LogP contribution in [0.4, 0.5) is 0 Å². The molecule has 8 fully saturated rings. The van der Waals surface area contributed by atoms with Gasteiger partial charge >= 0.3 is 11.9 Å². The summed E-state index contributed by atoms with van der Waals surface area (Å²) in [6.07, 6.45) is 14.0. The van der Waals surface area contributed by atoms with Crippen LogP contribution in [0.1, 0.15) is 182 Å². The Morgan fingerprint density at radius 1 is 0.943 bits per heavy atom. The Labute approximate surface area is 416 Å². The molecule has 388 valence electrons. The van der Waals surface area contributed by atoms with Crippen molar-refractivity contribution in [3.8, 4) is 0 Å². The molecule has 1 unspecified atom stereocenters. The molecule has 0 spiro atoms. The number of rotatable bonds is 18. The lowest BCUT2D eigenvalue weighted by atomic mass is 9.52. The van der Waals surface area contributed by atoms with Crippen LogP contribution in [0.25, 0.3) is 6.08 Å². The summed E-state index contributed by atoms with van der Waals surface area (Å²) in [6.45, 7) is 17.0. The summed E-state index contributed by atoms with van der Waals surface area (Å²) in [5.74, 6) is -1.39. The molecule has 14 nitrogen and oxygen atoms in total. The monoisotopic (exact) mass is 974 g/mol. The Hall–Kier alpha value is -3.40. The van der Waals surface area contributed by atoms with Gasteiger partial charge in [-0.1, -0.05) is 89.3 Å². The highest BCUT2D eigenvalue weighted by Crippen LogP contribution is 2.61. The van der Waals surface area contributed by atoms with Crippen molar-refractivity contribution in [2.75, 3.05) is 13.2 Å². The lowest BCUT2D eigenvalue weighted by molar-refractivity contribution is -0.225. The molecule has 12 atom stereocenters. The van der Waals surface area contributed by atoms with E-state index in [2.05, 4.69) is 70.3 Å². The second-order valence-electron chi connectivity index (χ2n) is 24.2. The number of allylic oxidation sites excluding steroid dienone is 1. The van der Waals surface area contributed by atoms with Crippen LogP contribution < -0.4 is 5.32 Å². The Morgan fingerprint density at radius 3 is 2.33 bits per heavy atom. The number of carbonyl (C=O) groups excluding carboxylic acids is 4. The van der Waals surface area contributed by atoms with Crippen molar-refractivity contribution >= 4 is 29.8 Å². The fourth-order valence-electron chi connectivity index (χ4n) is 13.7. The molecule has 2 N–H and O–H groups in total. The number of nitrogens with one attached hydrogen (secondary N) is 1. The van der Waals surface area contributed by atoms with Gasteiger partial charge in [0.2, 0.25) is 11.8 Å². The van der Waals surface area contributed by atoms with Gasteiger partial charge in [-0.05, 0) is 120 Å². The average molecular weight is 974 g/mol. The molecule has 0 aromatic heterocycles. The predicted molar refractivity (Wildman–Crippen MR) is 262 cm³/mol. The number of benzene rings is 1. The predicted octanol–water partition coefficient (Wildman–Crippen LogP) is 8.49. The number of ether oxygens (including phenoxy) is 5. The van der Waals surface area contributed by atoms with Gasteiger partial charge in [0.05, 0.1) is 30.9 Å². The third-order valence-corrected chi connectivity index (χ3v) is 17.5. The Bertz CT molecular complexity index is 2110. The highest BCUT2D eigenvalue weighted by molar-refractivity contribution is 5.96. The fraction of sp³-hybridized carbons (Fsp3) is 0.786. The number of carbonyl (C=O) groups is 4. The summed E-state index contributed by atoms with van der Waals surface area (Å²) in [5, 5.41) is 14.9. The zero-order chi connectivity index (χ0) is 49.8. The number of aliphatic hydroxyl groups excluding tert-OH is 1. The quantitative estimate of drug-likeness (QED) is 0.0820. The zero-order valence-electron chi connectivity index (χ0n) is 43.4. The molecular formula is C56H83N3O11. The number of esters is 2. The Kier molecular flexibility index (Phi) is 14.8. The lowest BCUT2D eigenvalue weighted by Crippen LogP contribution is -2.70. The molecule has 3 saturated carbocycles. The van der Waals surface area contributed by atoms with Crippen molar-refractivity contribution in [1.29, 1.82) is 0 Å². The molecule has 2 amide bonds. The van der Waals surface area contributed by atoms with Gasteiger partial charge in [-0.25, -0.2) is 0 Å². The molecule has 9 rings (SSSR count). The maximum atomic E-state index is 15.8. The van der Waals surface area contributed by atoms with Crippen LogP contribution in [0.2, 0.25) is 0 Å². The van der Waals surface area contributed by atoms with Crippen molar-refractivity contribution in [2.45, 2.75) is 243 Å². The molecule has 5 aliphatic heterocycles. The minimum absolute atomic E-state index is 0.0118. The first-order chi connectivity index (χ1) is 33.3. The molecule has 14 heteroatoms. The summed E-state index contributed by atoms with van der Waals surface area (Å²) in [6, 6.07) is 5.81. The normalized spacial score (nSPS) is 35.8. The maximum absolute atomic E-state index is 15.8. The second-order valence-corrected chi connectivity index (χ2v) is 24.2. The van der Waals surface area contributed by atoms with E-state index in [9.17, 15) is 19.5 Å². The van der Waals surface area contributed by atoms with E-state index >= 15 is 4.79 Å². The first-order valence-electron chi connectivity index (χ1n) is 27.2. The molecule has 1 aromatic rings. The van der Waals surface area contributed by atoms with Gasteiger partial charge in [0.1, 0.15) is 41.5 Å². The first kappa shape index (κ1) is 51.5. The first-order valence-corrected chi connectivity index (χ1v) is 27.2. The number of epoxide rings is 1. The van der Waals surface area contributed by atoms with Gasteiger partial charge in [-0.15, -0.1) is 0 Å². The minimum Gasteiger partial charge on any atom is -0.460 e. The van der Waals surface area contributed by atoms with Crippen LogP contribution in [-0.2, 0) is 54.2 Å². The Morgan fingerprint density at radius 2 is 1.66 bits per heavy atom. The smallest absolute Gasteiger partial charge is 0.327 e. The third kappa shape index (κ3) is 10.1. The van der Waals surface area contributed by atoms with Crippen LogP contribution >= 0.6 is 0 Å². The molecule has 5 saturated heterocycles. The van der Waals surface area contributed by atoms with Gasteiger partial charge < -0.3 is 39.0 Å². The highest BCUT2D eigenvalue weighted by Gasteiger charge is 2.77.